The summed E-state index contributed by atoms with van der Waals surface area (Å²) in [7, 11) is 1.73. The van der Waals surface area contributed by atoms with E-state index in [0.717, 1.165) is 10.0 Å². The van der Waals surface area contributed by atoms with Crippen molar-refractivity contribution in [2.45, 2.75) is 13.0 Å². The lowest BCUT2D eigenvalue weighted by Crippen LogP contribution is -2.29. The second-order valence-corrected chi connectivity index (χ2v) is 6.13. The van der Waals surface area contributed by atoms with Gasteiger partial charge in [0.05, 0.1) is 16.6 Å². The molecular formula is C16H15BrClNO2. The number of carbonyl (C=O) groups excluding carboxylic acids is 1. The van der Waals surface area contributed by atoms with Gasteiger partial charge in [0.1, 0.15) is 5.75 Å². The van der Waals surface area contributed by atoms with Gasteiger partial charge in [0, 0.05) is 11.5 Å². The Morgan fingerprint density at radius 3 is 2.43 bits per heavy atom. The lowest BCUT2D eigenvalue weighted by molar-refractivity contribution is 0.0743. The number of amides is 1. The predicted molar refractivity (Wildman–Crippen MR) is 87.8 cm³/mol. The SMILES string of the molecule is CC(c1ccc(O)cc1)N(C)C(=O)c1ccc(Br)cc1Cl. The number of phenolic OH excluding ortho intramolecular Hbond substituents is 1. The van der Waals surface area contributed by atoms with Crippen molar-refractivity contribution < 1.29 is 9.90 Å². The third kappa shape index (κ3) is 3.57. The number of halogens is 2. The number of carbonyl (C=O) groups is 1. The summed E-state index contributed by atoms with van der Waals surface area (Å²) in [5.74, 6) is 0.0592. The van der Waals surface area contributed by atoms with Crippen LogP contribution in [0, 0.1) is 0 Å². The van der Waals surface area contributed by atoms with Crippen molar-refractivity contribution in [2.75, 3.05) is 7.05 Å². The summed E-state index contributed by atoms with van der Waals surface area (Å²) in [5.41, 5.74) is 1.41. The van der Waals surface area contributed by atoms with Gasteiger partial charge in [0.15, 0.2) is 0 Å². The molecule has 1 unspecified atom stereocenters. The van der Waals surface area contributed by atoms with E-state index in [0.29, 0.717) is 10.6 Å². The van der Waals surface area contributed by atoms with Crippen LogP contribution in [0.15, 0.2) is 46.9 Å². The molecule has 1 atom stereocenters. The van der Waals surface area contributed by atoms with Gasteiger partial charge in [-0.15, -0.1) is 0 Å². The molecule has 0 saturated heterocycles. The molecule has 2 aromatic rings. The summed E-state index contributed by atoms with van der Waals surface area (Å²) >= 11 is 9.45. The van der Waals surface area contributed by atoms with Gasteiger partial charge in [-0.25, -0.2) is 0 Å². The maximum absolute atomic E-state index is 12.5. The van der Waals surface area contributed by atoms with Gasteiger partial charge < -0.3 is 10.0 Å². The van der Waals surface area contributed by atoms with Gasteiger partial charge in [-0.2, -0.15) is 0 Å². The minimum Gasteiger partial charge on any atom is -0.508 e. The molecule has 0 fully saturated rings. The number of nitrogens with zero attached hydrogens (tertiary/aromatic N) is 1. The topological polar surface area (TPSA) is 40.5 Å². The first-order chi connectivity index (χ1) is 9.90. The van der Waals surface area contributed by atoms with Gasteiger partial charge in [0.2, 0.25) is 0 Å². The monoisotopic (exact) mass is 367 g/mol. The number of phenols is 1. The first-order valence-corrected chi connectivity index (χ1v) is 7.58. The molecule has 0 aliphatic rings. The van der Waals surface area contributed by atoms with Gasteiger partial charge in [-0.3, -0.25) is 4.79 Å². The second kappa shape index (κ2) is 6.50. The van der Waals surface area contributed by atoms with Crippen LogP contribution in [0.1, 0.15) is 28.9 Å². The molecule has 110 valence electrons. The van der Waals surface area contributed by atoms with Crippen molar-refractivity contribution in [3.05, 3.63) is 63.1 Å². The van der Waals surface area contributed by atoms with Gasteiger partial charge >= 0.3 is 0 Å². The number of benzene rings is 2. The first-order valence-electron chi connectivity index (χ1n) is 6.41. The highest BCUT2D eigenvalue weighted by atomic mass is 79.9. The van der Waals surface area contributed by atoms with E-state index in [4.69, 9.17) is 11.6 Å². The third-order valence-electron chi connectivity index (χ3n) is 3.44. The Labute approximate surface area is 137 Å². The van der Waals surface area contributed by atoms with Crippen molar-refractivity contribution in [3.63, 3.8) is 0 Å². The molecule has 0 radical (unpaired) electrons. The van der Waals surface area contributed by atoms with E-state index in [1.807, 2.05) is 6.92 Å². The van der Waals surface area contributed by atoms with E-state index < -0.39 is 0 Å². The Morgan fingerprint density at radius 2 is 1.86 bits per heavy atom. The number of hydrogen-bond acceptors (Lipinski definition) is 2. The number of hydrogen-bond donors (Lipinski definition) is 1. The zero-order valence-electron chi connectivity index (χ0n) is 11.7. The summed E-state index contributed by atoms with van der Waals surface area (Å²) < 4.78 is 0.832. The Bertz CT molecular complexity index is 658. The molecule has 0 aliphatic carbocycles. The zero-order chi connectivity index (χ0) is 15.6. The largest absolute Gasteiger partial charge is 0.508 e. The van der Waals surface area contributed by atoms with E-state index in [9.17, 15) is 9.90 Å². The van der Waals surface area contributed by atoms with Crippen LogP contribution in [0.4, 0.5) is 0 Å². The minimum absolute atomic E-state index is 0.127. The molecular weight excluding hydrogens is 354 g/mol. The van der Waals surface area contributed by atoms with E-state index in [1.54, 1.807) is 54.4 Å². The standard InChI is InChI=1S/C16H15BrClNO2/c1-10(11-3-6-13(20)7-4-11)19(2)16(21)14-8-5-12(17)9-15(14)18/h3-10,20H,1-2H3. The minimum atomic E-state index is -0.145. The van der Waals surface area contributed by atoms with Crippen LogP contribution in [0.5, 0.6) is 5.75 Å². The van der Waals surface area contributed by atoms with Crippen LogP contribution in [0.2, 0.25) is 5.02 Å². The lowest BCUT2D eigenvalue weighted by Gasteiger charge is -2.26. The summed E-state index contributed by atoms with van der Waals surface area (Å²) in [5, 5.41) is 9.74. The van der Waals surface area contributed by atoms with Gasteiger partial charge in [-0.05, 0) is 42.8 Å². The quantitative estimate of drug-likeness (QED) is 0.857. The molecule has 2 aromatic carbocycles. The van der Waals surface area contributed by atoms with E-state index in [1.165, 1.54) is 0 Å². The van der Waals surface area contributed by atoms with Crippen molar-refractivity contribution in [3.8, 4) is 5.75 Å². The Kier molecular flexibility index (Phi) is 4.91. The Morgan fingerprint density at radius 1 is 1.24 bits per heavy atom. The van der Waals surface area contributed by atoms with E-state index in [-0.39, 0.29) is 17.7 Å². The Hall–Kier alpha value is -1.52. The molecule has 1 N–H and O–H groups in total. The summed E-state index contributed by atoms with van der Waals surface area (Å²) in [6.07, 6.45) is 0. The van der Waals surface area contributed by atoms with E-state index >= 15 is 0 Å². The van der Waals surface area contributed by atoms with Crippen molar-refractivity contribution in [2.24, 2.45) is 0 Å². The summed E-state index contributed by atoms with van der Waals surface area (Å²) in [6, 6.07) is 11.9. The second-order valence-electron chi connectivity index (χ2n) is 4.81. The molecule has 5 heteroatoms. The molecule has 0 bridgehead atoms. The fraction of sp³-hybridized carbons (Fsp3) is 0.188. The summed E-state index contributed by atoms with van der Waals surface area (Å²) in [6.45, 7) is 1.93. The highest BCUT2D eigenvalue weighted by Crippen LogP contribution is 2.26. The smallest absolute Gasteiger partial charge is 0.255 e. The Balaban J connectivity index is 2.24. The molecule has 0 saturated carbocycles. The maximum atomic E-state index is 12.5. The molecule has 1 amide bonds. The number of aromatic hydroxyl groups is 1. The normalized spacial score (nSPS) is 12.0. The van der Waals surface area contributed by atoms with Gasteiger partial charge in [0.25, 0.3) is 5.91 Å². The lowest BCUT2D eigenvalue weighted by atomic mass is 10.1. The third-order valence-corrected chi connectivity index (χ3v) is 4.24. The van der Waals surface area contributed by atoms with Crippen LogP contribution in [0.3, 0.4) is 0 Å². The molecule has 2 rings (SSSR count). The molecule has 0 heterocycles. The van der Waals surface area contributed by atoms with Crippen LogP contribution in [0.25, 0.3) is 0 Å². The molecule has 0 aliphatic heterocycles. The number of rotatable bonds is 3. The fourth-order valence-electron chi connectivity index (χ4n) is 2.01. The highest BCUT2D eigenvalue weighted by molar-refractivity contribution is 9.10. The maximum Gasteiger partial charge on any atom is 0.255 e. The first kappa shape index (κ1) is 15.9. The zero-order valence-corrected chi connectivity index (χ0v) is 14.0. The average Bonchev–Trinajstić information content (AvgIpc) is 2.46. The van der Waals surface area contributed by atoms with Gasteiger partial charge in [-0.1, -0.05) is 39.7 Å². The molecule has 3 nitrogen and oxygen atoms in total. The average molecular weight is 369 g/mol. The predicted octanol–water partition coefficient (Wildman–Crippen LogP) is 4.64. The molecule has 0 aromatic heterocycles. The summed E-state index contributed by atoms with van der Waals surface area (Å²) in [4.78, 5) is 14.2. The van der Waals surface area contributed by atoms with E-state index in [2.05, 4.69) is 15.9 Å². The van der Waals surface area contributed by atoms with Crippen LogP contribution < -0.4 is 0 Å². The van der Waals surface area contributed by atoms with Crippen molar-refractivity contribution in [1.29, 1.82) is 0 Å². The van der Waals surface area contributed by atoms with Crippen molar-refractivity contribution in [1.82, 2.24) is 4.90 Å². The van der Waals surface area contributed by atoms with Crippen LogP contribution in [-0.4, -0.2) is 23.0 Å². The molecule has 21 heavy (non-hydrogen) atoms. The highest BCUT2D eigenvalue weighted by Gasteiger charge is 2.21. The van der Waals surface area contributed by atoms with Crippen molar-refractivity contribution >= 4 is 33.4 Å². The molecule has 0 spiro atoms. The fourth-order valence-corrected chi connectivity index (χ4v) is 2.76. The van der Waals surface area contributed by atoms with Crippen LogP contribution in [-0.2, 0) is 0 Å². The van der Waals surface area contributed by atoms with Crippen LogP contribution >= 0.6 is 27.5 Å².